The Morgan fingerprint density at radius 2 is 1.61 bits per heavy atom. The van der Waals surface area contributed by atoms with Gasteiger partial charge in [-0.2, -0.15) is 4.98 Å². The molecule has 59 heavy (non-hydrogen) atoms. The summed E-state index contributed by atoms with van der Waals surface area (Å²) in [5, 5.41) is 10.4. The van der Waals surface area contributed by atoms with Gasteiger partial charge in [0.2, 0.25) is 21.9 Å². The third-order valence-corrected chi connectivity index (χ3v) is 10.2. The van der Waals surface area contributed by atoms with Crippen LogP contribution in [0.4, 0.5) is 27.8 Å². The third kappa shape index (κ3) is 11.6. The van der Waals surface area contributed by atoms with Crippen LogP contribution < -0.4 is 34.9 Å². The molecule has 16 heteroatoms. The van der Waals surface area contributed by atoms with E-state index in [0.717, 1.165) is 56.7 Å². The minimum absolute atomic E-state index is 0.0586. The van der Waals surface area contributed by atoms with Crippen molar-refractivity contribution in [2.45, 2.75) is 45.6 Å². The maximum Gasteiger partial charge on any atom is 0.323 e. The van der Waals surface area contributed by atoms with Gasteiger partial charge in [0.15, 0.2) is 11.5 Å². The van der Waals surface area contributed by atoms with Crippen LogP contribution in [0.1, 0.15) is 55.1 Å². The number of nitrogens with zero attached hydrogens (tertiary/aromatic N) is 3. The van der Waals surface area contributed by atoms with E-state index in [0.29, 0.717) is 52.4 Å². The summed E-state index contributed by atoms with van der Waals surface area (Å²) in [6.45, 7) is 10.4. The molecule has 1 aromatic heterocycles. The zero-order valence-electron chi connectivity index (χ0n) is 34.2. The second-order valence-electron chi connectivity index (χ2n) is 15.2. The summed E-state index contributed by atoms with van der Waals surface area (Å²) in [7, 11) is -0.665. The average Bonchev–Trinajstić information content (AvgIpc) is 3.20. The number of rotatable bonds is 16. The van der Waals surface area contributed by atoms with E-state index < -0.39 is 16.1 Å². The van der Waals surface area contributed by atoms with E-state index in [1.807, 2.05) is 57.2 Å². The molecule has 0 spiro atoms. The van der Waals surface area contributed by atoms with Gasteiger partial charge in [0.05, 0.1) is 50.8 Å². The van der Waals surface area contributed by atoms with Crippen molar-refractivity contribution in [2.24, 2.45) is 0 Å². The van der Waals surface area contributed by atoms with Gasteiger partial charge in [-0.15, -0.1) is 0 Å². The lowest BCUT2D eigenvalue weighted by Gasteiger charge is -2.26. The van der Waals surface area contributed by atoms with Gasteiger partial charge in [-0.05, 0) is 72.0 Å². The fourth-order valence-electron chi connectivity index (χ4n) is 6.65. The summed E-state index contributed by atoms with van der Waals surface area (Å²) in [6.07, 6.45) is 3.84. The van der Waals surface area contributed by atoms with E-state index in [1.165, 1.54) is 7.11 Å². The van der Waals surface area contributed by atoms with Crippen LogP contribution in [0.25, 0.3) is 10.8 Å². The van der Waals surface area contributed by atoms with Crippen molar-refractivity contribution in [1.82, 2.24) is 14.9 Å². The molecular formula is C43H51N7O8S. The van der Waals surface area contributed by atoms with Gasteiger partial charge in [-0.1, -0.05) is 45.0 Å². The number of hydrogen-bond acceptors (Lipinski definition) is 12. The number of amides is 2. The number of Topliss-reactive ketones (excluding diaryl/α,β-unsaturated/α-hetero) is 1. The van der Waals surface area contributed by atoms with Crippen molar-refractivity contribution in [2.75, 3.05) is 74.0 Å². The van der Waals surface area contributed by atoms with Crippen LogP contribution in [0.3, 0.4) is 0 Å². The summed E-state index contributed by atoms with van der Waals surface area (Å²) in [5.41, 5.74) is 2.83. The Morgan fingerprint density at radius 1 is 0.881 bits per heavy atom. The molecule has 312 valence electrons. The summed E-state index contributed by atoms with van der Waals surface area (Å²) in [6, 6.07) is 20.9. The van der Waals surface area contributed by atoms with E-state index >= 15 is 0 Å². The van der Waals surface area contributed by atoms with Crippen molar-refractivity contribution < 1.29 is 37.0 Å². The number of morpholine rings is 1. The first-order valence-corrected chi connectivity index (χ1v) is 21.1. The van der Waals surface area contributed by atoms with Crippen LogP contribution in [0.15, 0.2) is 79.0 Å². The quantitative estimate of drug-likeness (QED) is 0.0714. The second kappa shape index (κ2) is 18.7. The predicted molar refractivity (Wildman–Crippen MR) is 230 cm³/mol. The third-order valence-electron chi connectivity index (χ3n) is 9.64. The Hall–Kier alpha value is -5.97. The molecule has 0 saturated carbocycles. The minimum atomic E-state index is -3.65. The van der Waals surface area contributed by atoms with Crippen molar-refractivity contribution in [3.63, 3.8) is 0 Å². The first-order valence-electron chi connectivity index (χ1n) is 19.2. The standard InChI is InChI=1S/C43H51N7O8S/c1-43(2,3)30-25-35(40(56-5)36(26-30)49-59(6,53)54)47-42(52)46-34-13-14-38(33-11-8-7-10-32(33)34)58-39-15-16-44-41(48-39)45-27-28-22-29(24-31(23-28)55-4)37(51)12-9-17-50-18-20-57-21-19-50/h7-8,10-11,13-16,22-26,49H,9,12,17-21,27H2,1-6H3,(H,44,45,48)(H2,46,47,52). The molecule has 1 aliphatic rings. The number of anilines is 4. The average molecular weight is 826 g/mol. The number of ketones is 1. The highest BCUT2D eigenvalue weighted by Crippen LogP contribution is 2.40. The summed E-state index contributed by atoms with van der Waals surface area (Å²) < 4.78 is 49.6. The van der Waals surface area contributed by atoms with E-state index in [1.54, 1.807) is 49.7 Å². The number of carbonyl (C=O) groups excluding carboxylic acids is 2. The number of ether oxygens (including phenoxy) is 4. The maximum atomic E-state index is 13.5. The Balaban J connectivity index is 1.14. The van der Waals surface area contributed by atoms with Gasteiger partial charge in [-0.3, -0.25) is 14.4 Å². The molecule has 2 amide bonds. The molecule has 0 aliphatic carbocycles. The number of benzene rings is 4. The molecule has 1 fully saturated rings. The molecule has 4 aromatic carbocycles. The largest absolute Gasteiger partial charge is 0.497 e. The van der Waals surface area contributed by atoms with Crippen molar-refractivity contribution in [3.8, 4) is 23.1 Å². The van der Waals surface area contributed by atoms with Gasteiger partial charge in [0, 0.05) is 54.7 Å². The fraction of sp³-hybridized carbons (Fsp3) is 0.349. The molecular weight excluding hydrogens is 775 g/mol. The number of fused-ring (bicyclic) bond motifs is 1. The van der Waals surface area contributed by atoms with E-state index in [4.69, 9.17) is 18.9 Å². The van der Waals surface area contributed by atoms with E-state index in [-0.39, 0.29) is 34.2 Å². The Kier molecular flexibility index (Phi) is 13.5. The Morgan fingerprint density at radius 3 is 2.32 bits per heavy atom. The zero-order chi connectivity index (χ0) is 42.2. The molecule has 0 atom stereocenters. The van der Waals surface area contributed by atoms with Gasteiger partial charge >= 0.3 is 6.03 Å². The first kappa shape index (κ1) is 42.6. The first-order chi connectivity index (χ1) is 28.2. The Bertz CT molecular complexity index is 2410. The lowest BCUT2D eigenvalue weighted by molar-refractivity contribution is 0.0371. The fourth-order valence-corrected chi connectivity index (χ4v) is 7.20. The van der Waals surface area contributed by atoms with Gasteiger partial charge in [0.1, 0.15) is 11.5 Å². The molecule has 6 rings (SSSR count). The number of carbonyl (C=O) groups is 2. The summed E-state index contributed by atoms with van der Waals surface area (Å²) >= 11 is 0. The normalized spacial score (nSPS) is 13.4. The molecule has 1 saturated heterocycles. The van der Waals surface area contributed by atoms with Crippen LogP contribution in [0.5, 0.6) is 23.1 Å². The van der Waals surface area contributed by atoms with Gasteiger partial charge in [0.25, 0.3) is 0 Å². The monoisotopic (exact) mass is 825 g/mol. The summed E-state index contributed by atoms with van der Waals surface area (Å²) in [4.78, 5) is 37.9. The molecule has 5 aromatic rings. The molecule has 0 unspecified atom stereocenters. The van der Waals surface area contributed by atoms with Crippen molar-refractivity contribution >= 4 is 55.6 Å². The van der Waals surface area contributed by atoms with Gasteiger partial charge < -0.3 is 34.9 Å². The van der Waals surface area contributed by atoms with Crippen LogP contribution in [-0.2, 0) is 26.7 Å². The number of hydrogen-bond donors (Lipinski definition) is 4. The van der Waals surface area contributed by atoms with E-state index in [9.17, 15) is 18.0 Å². The lowest BCUT2D eigenvalue weighted by atomic mass is 9.86. The van der Waals surface area contributed by atoms with E-state index in [2.05, 4.69) is 35.5 Å². The number of sulfonamides is 1. The number of aromatic nitrogens is 2. The number of methoxy groups -OCH3 is 2. The van der Waals surface area contributed by atoms with Crippen molar-refractivity contribution in [1.29, 1.82) is 0 Å². The molecule has 4 N–H and O–H groups in total. The highest BCUT2D eigenvalue weighted by atomic mass is 32.2. The number of nitrogens with one attached hydrogen (secondary N) is 4. The molecule has 15 nitrogen and oxygen atoms in total. The molecule has 2 heterocycles. The smallest absolute Gasteiger partial charge is 0.323 e. The van der Waals surface area contributed by atoms with Crippen LogP contribution in [0, 0.1) is 0 Å². The SMILES string of the molecule is COc1cc(CNc2nccc(Oc3ccc(NC(=O)Nc4cc(C(C)(C)C)cc(NS(C)(=O)=O)c4OC)c4ccccc34)n2)cc(C(=O)CCCN2CCOCC2)c1. The zero-order valence-corrected chi connectivity index (χ0v) is 35.0. The number of urea groups is 1. The predicted octanol–water partition coefficient (Wildman–Crippen LogP) is 7.66. The lowest BCUT2D eigenvalue weighted by Crippen LogP contribution is -2.36. The topological polar surface area (TPSA) is 182 Å². The molecule has 0 bridgehead atoms. The molecule has 0 radical (unpaired) electrons. The van der Waals surface area contributed by atoms with Crippen LogP contribution in [0.2, 0.25) is 0 Å². The second-order valence-corrected chi connectivity index (χ2v) is 16.9. The minimum Gasteiger partial charge on any atom is -0.497 e. The maximum absolute atomic E-state index is 13.5. The van der Waals surface area contributed by atoms with Crippen molar-refractivity contribution in [3.05, 3.63) is 95.7 Å². The Labute approximate surface area is 344 Å². The molecule has 1 aliphatic heterocycles. The van der Waals surface area contributed by atoms with Crippen LogP contribution in [-0.4, -0.2) is 88.4 Å². The highest BCUT2D eigenvalue weighted by Gasteiger charge is 2.23. The highest BCUT2D eigenvalue weighted by molar-refractivity contribution is 7.92. The van der Waals surface area contributed by atoms with Crippen LogP contribution >= 0.6 is 0 Å². The van der Waals surface area contributed by atoms with Gasteiger partial charge in [-0.25, -0.2) is 18.2 Å². The summed E-state index contributed by atoms with van der Waals surface area (Å²) in [5.74, 6) is 1.92.